The topological polar surface area (TPSA) is 72.4 Å². The lowest BCUT2D eigenvalue weighted by molar-refractivity contribution is -0.410. The van der Waals surface area contributed by atoms with Gasteiger partial charge in [0.15, 0.2) is 6.04 Å². The lowest BCUT2D eigenvalue weighted by Crippen LogP contribution is -2.65. The van der Waals surface area contributed by atoms with E-state index in [-0.39, 0.29) is 36.4 Å². The maximum absolute atomic E-state index is 12.1. The lowest BCUT2D eigenvalue weighted by atomic mass is 10.0. The highest BCUT2D eigenvalue weighted by Gasteiger charge is 2.36. The first kappa shape index (κ1) is 17.7. The van der Waals surface area contributed by atoms with Crippen LogP contribution in [0, 0.1) is 0 Å². The number of hydrogen-bond donors (Lipinski definition) is 1. The molecule has 4 atom stereocenters. The second kappa shape index (κ2) is 8.85. The van der Waals surface area contributed by atoms with Crippen LogP contribution in [-0.2, 0) is 19.0 Å². The molecule has 0 bridgehead atoms. The largest absolute Gasteiger partial charge is 0.455 e. The van der Waals surface area contributed by atoms with Crippen LogP contribution in [0.1, 0.15) is 65.2 Å². The third-order valence-corrected chi connectivity index (χ3v) is 4.69. The minimum Gasteiger partial charge on any atom is -0.455 e. The Kier molecular flexibility index (Phi) is 7.12. The fourth-order valence-electron chi connectivity index (χ4n) is 3.39. The normalized spacial score (nSPS) is 34.8. The Balaban J connectivity index is 2.07. The Labute approximate surface area is 133 Å². The molecule has 3 N–H and O–H groups in total. The van der Waals surface area contributed by atoms with Crippen molar-refractivity contribution in [3.8, 4) is 0 Å². The molecule has 22 heavy (non-hydrogen) atoms. The summed E-state index contributed by atoms with van der Waals surface area (Å²) in [4.78, 5) is 12.1. The fourth-order valence-corrected chi connectivity index (χ4v) is 3.39. The Hall–Kier alpha value is -0.650. The third-order valence-electron chi connectivity index (χ3n) is 4.69. The zero-order valence-corrected chi connectivity index (χ0v) is 14.1. The molecule has 0 amide bonds. The summed E-state index contributed by atoms with van der Waals surface area (Å²) in [5, 5.41) is 0. The molecule has 0 unspecified atom stereocenters. The minimum absolute atomic E-state index is 0.00801. The quantitative estimate of drug-likeness (QED) is 0.786. The van der Waals surface area contributed by atoms with Gasteiger partial charge in [-0.2, -0.15) is 0 Å². The van der Waals surface area contributed by atoms with Gasteiger partial charge in [-0.25, -0.2) is 4.79 Å². The Bertz CT molecular complexity index is 344. The van der Waals surface area contributed by atoms with Gasteiger partial charge >= 0.3 is 5.97 Å². The fraction of sp³-hybridized carbons (Fsp3) is 0.941. The molecule has 2 rings (SSSR count). The number of carbonyl (C=O) groups excluding carboxylic acids is 1. The molecule has 1 saturated heterocycles. The summed E-state index contributed by atoms with van der Waals surface area (Å²) in [5.41, 5.74) is 3.92. The van der Waals surface area contributed by atoms with E-state index in [4.69, 9.17) is 14.2 Å². The van der Waals surface area contributed by atoms with Crippen molar-refractivity contribution in [1.82, 2.24) is 0 Å². The van der Waals surface area contributed by atoms with E-state index in [9.17, 15) is 4.79 Å². The predicted molar refractivity (Wildman–Crippen MR) is 83.2 cm³/mol. The highest BCUT2D eigenvalue weighted by molar-refractivity contribution is 5.74. The molecule has 1 heterocycles. The van der Waals surface area contributed by atoms with Gasteiger partial charge in [0.1, 0.15) is 12.2 Å². The van der Waals surface area contributed by atoms with Crippen molar-refractivity contribution in [3.05, 3.63) is 0 Å². The Morgan fingerprint density at radius 1 is 1.18 bits per heavy atom. The van der Waals surface area contributed by atoms with Crippen molar-refractivity contribution in [1.29, 1.82) is 0 Å². The smallest absolute Gasteiger partial charge is 0.365 e. The van der Waals surface area contributed by atoms with Crippen LogP contribution in [0.2, 0.25) is 0 Å². The maximum atomic E-state index is 12.1. The van der Waals surface area contributed by atoms with Crippen LogP contribution in [0.5, 0.6) is 0 Å². The first-order chi connectivity index (χ1) is 10.6. The van der Waals surface area contributed by atoms with Gasteiger partial charge in [0.25, 0.3) is 0 Å². The molecule has 1 saturated carbocycles. The SMILES string of the molecule is CCCO[C@H]1CCC[C@H]([NH3+])C(=O)O[C@@H](C)[C@@H]1OC1CCCC1. The maximum Gasteiger partial charge on any atom is 0.365 e. The van der Waals surface area contributed by atoms with Crippen LogP contribution >= 0.6 is 0 Å². The van der Waals surface area contributed by atoms with Crippen LogP contribution in [-0.4, -0.2) is 43.0 Å². The molecule has 5 heteroatoms. The summed E-state index contributed by atoms with van der Waals surface area (Å²) in [6.07, 6.45) is 8.10. The molecule has 0 aromatic carbocycles. The van der Waals surface area contributed by atoms with Gasteiger partial charge in [0.05, 0.1) is 12.2 Å². The number of rotatable bonds is 5. The summed E-state index contributed by atoms with van der Waals surface area (Å²) in [6.45, 7) is 4.76. The summed E-state index contributed by atoms with van der Waals surface area (Å²) in [5.74, 6) is -0.205. The van der Waals surface area contributed by atoms with Crippen molar-refractivity contribution in [2.24, 2.45) is 0 Å². The highest BCUT2D eigenvalue weighted by atomic mass is 16.6. The molecule has 128 valence electrons. The first-order valence-electron chi connectivity index (χ1n) is 8.92. The summed E-state index contributed by atoms with van der Waals surface area (Å²) in [6, 6.07) is -0.278. The number of ether oxygens (including phenoxy) is 3. The molecule has 1 aliphatic carbocycles. The number of quaternary nitrogens is 1. The second-order valence-electron chi connectivity index (χ2n) is 6.69. The van der Waals surface area contributed by atoms with E-state index in [1.165, 1.54) is 12.8 Å². The number of esters is 1. The van der Waals surface area contributed by atoms with E-state index in [0.717, 1.165) is 45.1 Å². The molecule has 1 aliphatic heterocycles. The molecule has 0 radical (unpaired) electrons. The molecule has 0 aromatic heterocycles. The predicted octanol–water partition coefficient (Wildman–Crippen LogP) is 1.84. The number of hydrogen-bond acceptors (Lipinski definition) is 4. The average Bonchev–Trinajstić information content (AvgIpc) is 3.01. The Morgan fingerprint density at radius 2 is 1.91 bits per heavy atom. The van der Waals surface area contributed by atoms with E-state index >= 15 is 0 Å². The van der Waals surface area contributed by atoms with E-state index in [1.54, 1.807) is 0 Å². The van der Waals surface area contributed by atoms with Gasteiger partial charge < -0.3 is 19.9 Å². The lowest BCUT2D eigenvalue weighted by Gasteiger charge is -2.33. The van der Waals surface area contributed by atoms with Gasteiger partial charge in [0.2, 0.25) is 0 Å². The zero-order chi connectivity index (χ0) is 15.9. The molecule has 2 fully saturated rings. The molecular weight excluding hydrogens is 282 g/mol. The summed E-state index contributed by atoms with van der Waals surface area (Å²) >= 11 is 0. The number of carbonyl (C=O) groups is 1. The van der Waals surface area contributed by atoms with E-state index in [0.29, 0.717) is 0 Å². The van der Waals surface area contributed by atoms with Gasteiger partial charge in [-0.15, -0.1) is 0 Å². The first-order valence-corrected chi connectivity index (χ1v) is 8.92. The van der Waals surface area contributed by atoms with E-state index in [1.807, 2.05) is 6.92 Å². The third kappa shape index (κ3) is 4.93. The number of cyclic esters (lactones) is 1. The molecule has 5 nitrogen and oxygen atoms in total. The molecule has 0 aromatic rings. The van der Waals surface area contributed by atoms with Gasteiger partial charge in [-0.1, -0.05) is 19.8 Å². The van der Waals surface area contributed by atoms with Crippen molar-refractivity contribution in [2.45, 2.75) is 95.7 Å². The second-order valence-corrected chi connectivity index (χ2v) is 6.69. The molecule has 0 spiro atoms. The van der Waals surface area contributed by atoms with Crippen molar-refractivity contribution < 1.29 is 24.7 Å². The van der Waals surface area contributed by atoms with Crippen LogP contribution in [0.25, 0.3) is 0 Å². The highest BCUT2D eigenvalue weighted by Crippen LogP contribution is 2.28. The summed E-state index contributed by atoms with van der Waals surface area (Å²) < 4.78 is 18.0. The van der Waals surface area contributed by atoms with Crippen LogP contribution < -0.4 is 5.73 Å². The van der Waals surface area contributed by atoms with Crippen LogP contribution in [0.3, 0.4) is 0 Å². The molecule has 2 aliphatic rings. The zero-order valence-electron chi connectivity index (χ0n) is 14.1. The van der Waals surface area contributed by atoms with Crippen molar-refractivity contribution in [3.63, 3.8) is 0 Å². The van der Waals surface area contributed by atoms with E-state index < -0.39 is 0 Å². The summed E-state index contributed by atoms with van der Waals surface area (Å²) in [7, 11) is 0. The standard InChI is InChI=1S/C17H31NO4/c1-3-11-20-15-10-6-9-14(18)17(19)21-12(2)16(15)22-13-7-4-5-8-13/h12-16H,3-11,18H2,1-2H3/p+1/t12-,14-,15-,16-/m0/s1. The van der Waals surface area contributed by atoms with Crippen molar-refractivity contribution >= 4 is 5.97 Å². The van der Waals surface area contributed by atoms with Gasteiger partial charge in [-0.3, -0.25) is 0 Å². The minimum atomic E-state index is -0.280. The van der Waals surface area contributed by atoms with Gasteiger partial charge in [-0.05, 0) is 39.0 Å². The van der Waals surface area contributed by atoms with Crippen LogP contribution in [0.15, 0.2) is 0 Å². The average molecular weight is 314 g/mol. The van der Waals surface area contributed by atoms with E-state index in [2.05, 4.69) is 12.7 Å². The molecular formula is C17H32NO4+. The van der Waals surface area contributed by atoms with Gasteiger partial charge in [0, 0.05) is 13.0 Å². The van der Waals surface area contributed by atoms with Crippen molar-refractivity contribution in [2.75, 3.05) is 6.61 Å². The Morgan fingerprint density at radius 3 is 2.59 bits per heavy atom. The van der Waals surface area contributed by atoms with Crippen LogP contribution in [0.4, 0.5) is 0 Å². The monoisotopic (exact) mass is 314 g/mol.